The van der Waals surface area contributed by atoms with Crippen LogP contribution in [-0.2, 0) is 14.6 Å². The van der Waals surface area contributed by atoms with Crippen LogP contribution in [0.25, 0.3) is 0 Å². The predicted octanol–water partition coefficient (Wildman–Crippen LogP) is 0.789. The molecule has 1 aliphatic rings. The summed E-state index contributed by atoms with van der Waals surface area (Å²) in [7, 11) is -3.26. The van der Waals surface area contributed by atoms with Crippen molar-refractivity contribution in [2.45, 2.75) is 31.4 Å². The van der Waals surface area contributed by atoms with Crippen molar-refractivity contribution in [1.29, 1.82) is 0 Å². The molecular weight excluding hydrogens is 176 g/mol. The van der Waals surface area contributed by atoms with Crippen LogP contribution in [0.1, 0.15) is 26.7 Å². The van der Waals surface area contributed by atoms with Gasteiger partial charge < -0.3 is 0 Å². The lowest BCUT2D eigenvalue weighted by Gasteiger charge is -2.20. The summed E-state index contributed by atoms with van der Waals surface area (Å²) in [6.07, 6.45) is 2.84. The van der Waals surface area contributed by atoms with Crippen LogP contribution in [0.5, 0.6) is 0 Å². The van der Waals surface area contributed by atoms with E-state index in [9.17, 15) is 13.2 Å². The molecular formula is C8H14O3S. The number of Topliss-reactive ketones (excluding diaryl/α,β-unsaturated/α-hetero) is 1. The van der Waals surface area contributed by atoms with E-state index in [4.69, 9.17) is 0 Å². The Morgan fingerprint density at radius 1 is 1.33 bits per heavy atom. The minimum absolute atomic E-state index is 0.00900. The zero-order valence-electron chi connectivity index (χ0n) is 7.62. The number of carbonyl (C=O) groups is 1. The molecule has 3 nitrogen and oxygen atoms in total. The van der Waals surface area contributed by atoms with Gasteiger partial charge in [-0.05, 0) is 26.7 Å². The van der Waals surface area contributed by atoms with E-state index in [1.54, 1.807) is 0 Å². The van der Waals surface area contributed by atoms with Crippen LogP contribution in [0, 0.1) is 5.92 Å². The standard InChI is InChI=1S/C8H14O3S/c1-8(2,12(3,10)11)7(9)6-4-5-6/h6H,4-5H2,1-3H3. The molecule has 4 heteroatoms. The highest BCUT2D eigenvalue weighted by Gasteiger charge is 2.45. The van der Waals surface area contributed by atoms with Gasteiger partial charge in [0, 0.05) is 12.2 Å². The molecule has 0 atom stereocenters. The van der Waals surface area contributed by atoms with E-state index in [1.807, 2.05) is 0 Å². The molecule has 0 radical (unpaired) electrons. The largest absolute Gasteiger partial charge is 0.298 e. The Morgan fingerprint density at radius 3 is 2.00 bits per heavy atom. The zero-order chi connectivity index (χ0) is 9.57. The SMILES string of the molecule is CC(C)(C(=O)C1CC1)S(C)(=O)=O. The van der Waals surface area contributed by atoms with Crippen molar-refractivity contribution in [1.82, 2.24) is 0 Å². The molecule has 0 aromatic heterocycles. The van der Waals surface area contributed by atoms with Gasteiger partial charge >= 0.3 is 0 Å². The van der Waals surface area contributed by atoms with E-state index in [1.165, 1.54) is 13.8 Å². The summed E-state index contributed by atoms with van der Waals surface area (Å²) in [4.78, 5) is 11.5. The quantitative estimate of drug-likeness (QED) is 0.661. The van der Waals surface area contributed by atoms with Crippen molar-refractivity contribution in [2.75, 3.05) is 6.26 Å². The smallest absolute Gasteiger partial charge is 0.159 e. The molecule has 0 heterocycles. The average Bonchev–Trinajstić information content (AvgIpc) is 2.64. The summed E-state index contributed by atoms with van der Waals surface area (Å²) < 4.78 is 21.2. The maximum atomic E-state index is 11.5. The van der Waals surface area contributed by atoms with Crippen LogP contribution in [-0.4, -0.2) is 25.2 Å². The van der Waals surface area contributed by atoms with Gasteiger partial charge in [0.05, 0.1) is 0 Å². The van der Waals surface area contributed by atoms with Crippen LogP contribution >= 0.6 is 0 Å². The lowest BCUT2D eigenvalue weighted by atomic mass is 10.0. The Labute approximate surface area is 73.1 Å². The van der Waals surface area contributed by atoms with E-state index in [0.717, 1.165) is 19.1 Å². The summed E-state index contributed by atoms with van der Waals surface area (Å²) in [5.74, 6) is -0.111. The second-order valence-electron chi connectivity index (χ2n) is 3.92. The van der Waals surface area contributed by atoms with Crippen molar-refractivity contribution in [2.24, 2.45) is 5.92 Å². The predicted molar refractivity (Wildman–Crippen MR) is 46.7 cm³/mol. The van der Waals surface area contributed by atoms with Crippen molar-refractivity contribution >= 4 is 15.6 Å². The topological polar surface area (TPSA) is 51.2 Å². The van der Waals surface area contributed by atoms with Crippen LogP contribution in [0.15, 0.2) is 0 Å². The third-order valence-electron chi connectivity index (χ3n) is 2.47. The highest BCUT2D eigenvalue weighted by molar-refractivity contribution is 7.92. The van der Waals surface area contributed by atoms with Crippen LogP contribution < -0.4 is 0 Å². The summed E-state index contributed by atoms with van der Waals surface area (Å²) >= 11 is 0. The monoisotopic (exact) mass is 190 g/mol. The van der Waals surface area contributed by atoms with Crippen molar-refractivity contribution < 1.29 is 13.2 Å². The normalized spacial score (nSPS) is 19.2. The Morgan fingerprint density at radius 2 is 1.75 bits per heavy atom. The second kappa shape index (κ2) is 2.55. The van der Waals surface area contributed by atoms with Gasteiger partial charge in [0.1, 0.15) is 4.75 Å². The maximum absolute atomic E-state index is 11.5. The first-order valence-electron chi connectivity index (χ1n) is 4.01. The Balaban J connectivity index is 2.91. The molecule has 0 aromatic carbocycles. The van der Waals surface area contributed by atoms with E-state index in [0.29, 0.717) is 0 Å². The molecule has 0 aromatic rings. The fourth-order valence-corrected chi connectivity index (χ4v) is 1.55. The summed E-state index contributed by atoms with van der Waals surface area (Å²) in [5.41, 5.74) is 0. The highest BCUT2D eigenvalue weighted by atomic mass is 32.2. The van der Waals surface area contributed by atoms with Crippen LogP contribution in [0.2, 0.25) is 0 Å². The fourth-order valence-electron chi connectivity index (χ4n) is 1.02. The third kappa shape index (κ3) is 1.53. The Bertz CT molecular complexity index is 296. The van der Waals surface area contributed by atoms with Gasteiger partial charge in [0.2, 0.25) is 0 Å². The third-order valence-corrected chi connectivity index (χ3v) is 4.52. The second-order valence-corrected chi connectivity index (χ2v) is 6.49. The lowest BCUT2D eigenvalue weighted by molar-refractivity contribution is -0.121. The molecule has 0 bridgehead atoms. The van der Waals surface area contributed by atoms with Crippen LogP contribution in [0.3, 0.4) is 0 Å². The number of sulfone groups is 1. The maximum Gasteiger partial charge on any atom is 0.159 e. The molecule has 1 fully saturated rings. The minimum Gasteiger partial charge on any atom is -0.298 e. The molecule has 0 saturated heterocycles. The molecule has 70 valence electrons. The van der Waals surface area contributed by atoms with Gasteiger partial charge in [-0.1, -0.05) is 0 Å². The molecule has 0 unspecified atom stereocenters. The number of hydrogen-bond donors (Lipinski definition) is 0. The van der Waals surface area contributed by atoms with Gasteiger partial charge in [-0.25, -0.2) is 8.42 Å². The number of ketones is 1. The van der Waals surface area contributed by atoms with E-state index in [-0.39, 0.29) is 11.7 Å². The molecule has 1 rings (SSSR count). The molecule has 1 aliphatic carbocycles. The minimum atomic E-state index is -3.26. The van der Waals surface area contributed by atoms with Gasteiger partial charge in [0.15, 0.2) is 15.6 Å². The van der Waals surface area contributed by atoms with Crippen molar-refractivity contribution in [3.05, 3.63) is 0 Å². The van der Waals surface area contributed by atoms with Crippen molar-refractivity contribution in [3.8, 4) is 0 Å². The lowest BCUT2D eigenvalue weighted by Crippen LogP contribution is -2.40. The van der Waals surface area contributed by atoms with Gasteiger partial charge in [0.25, 0.3) is 0 Å². The first kappa shape index (κ1) is 9.71. The summed E-state index contributed by atoms with van der Waals surface area (Å²) in [6, 6.07) is 0. The average molecular weight is 190 g/mol. The van der Waals surface area contributed by atoms with E-state index < -0.39 is 14.6 Å². The molecule has 0 spiro atoms. The number of hydrogen-bond acceptors (Lipinski definition) is 3. The van der Waals surface area contributed by atoms with Gasteiger partial charge in [-0.15, -0.1) is 0 Å². The first-order chi connectivity index (χ1) is 5.27. The summed E-state index contributed by atoms with van der Waals surface area (Å²) in [6.45, 7) is 2.98. The van der Waals surface area contributed by atoms with Gasteiger partial charge in [-0.2, -0.15) is 0 Å². The number of carbonyl (C=O) groups excluding carboxylic acids is 1. The molecule has 0 N–H and O–H groups in total. The first-order valence-corrected chi connectivity index (χ1v) is 5.90. The van der Waals surface area contributed by atoms with E-state index >= 15 is 0 Å². The van der Waals surface area contributed by atoms with Crippen LogP contribution in [0.4, 0.5) is 0 Å². The van der Waals surface area contributed by atoms with E-state index in [2.05, 4.69) is 0 Å². The Kier molecular flexibility index (Phi) is 2.07. The molecule has 1 saturated carbocycles. The molecule has 0 amide bonds. The molecule has 0 aliphatic heterocycles. The van der Waals surface area contributed by atoms with Crippen molar-refractivity contribution in [3.63, 3.8) is 0 Å². The Hall–Kier alpha value is -0.380. The summed E-state index contributed by atoms with van der Waals surface area (Å²) in [5, 5.41) is 0. The molecule has 12 heavy (non-hydrogen) atoms. The number of rotatable bonds is 3. The highest BCUT2D eigenvalue weighted by Crippen LogP contribution is 2.36. The van der Waals surface area contributed by atoms with Gasteiger partial charge in [-0.3, -0.25) is 4.79 Å². The fraction of sp³-hybridized carbons (Fsp3) is 0.875. The zero-order valence-corrected chi connectivity index (χ0v) is 8.44.